The summed E-state index contributed by atoms with van der Waals surface area (Å²) in [6.07, 6.45) is -0.0869. The van der Waals surface area contributed by atoms with Crippen LogP contribution in [0.3, 0.4) is 0 Å². The Hall–Kier alpha value is -0.840. The SMILES string of the molecule is CC(C)c1ccccc1OC(CN)c1ccc(Br)s1. The van der Waals surface area contributed by atoms with Crippen LogP contribution in [0.4, 0.5) is 0 Å². The van der Waals surface area contributed by atoms with Gasteiger partial charge in [0.05, 0.1) is 3.79 Å². The van der Waals surface area contributed by atoms with Crippen molar-refractivity contribution in [3.63, 3.8) is 0 Å². The molecule has 2 rings (SSSR count). The van der Waals surface area contributed by atoms with Crippen LogP contribution in [0.15, 0.2) is 40.2 Å². The lowest BCUT2D eigenvalue weighted by Gasteiger charge is -2.20. The fourth-order valence-corrected chi connectivity index (χ4v) is 3.41. The number of rotatable bonds is 5. The summed E-state index contributed by atoms with van der Waals surface area (Å²) in [6, 6.07) is 12.3. The largest absolute Gasteiger partial charge is 0.483 e. The van der Waals surface area contributed by atoms with Gasteiger partial charge in [-0.1, -0.05) is 32.0 Å². The lowest BCUT2D eigenvalue weighted by Crippen LogP contribution is -2.18. The first-order valence-electron chi connectivity index (χ1n) is 6.32. The summed E-state index contributed by atoms with van der Waals surface area (Å²) >= 11 is 5.14. The van der Waals surface area contributed by atoms with E-state index in [2.05, 4.69) is 41.9 Å². The van der Waals surface area contributed by atoms with Crippen LogP contribution >= 0.6 is 27.3 Å². The van der Waals surface area contributed by atoms with Crippen LogP contribution in [0.2, 0.25) is 0 Å². The Morgan fingerprint density at radius 2 is 1.95 bits per heavy atom. The molecule has 1 aromatic carbocycles. The van der Waals surface area contributed by atoms with Gasteiger partial charge in [-0.25, -0.2) is 0 Å². The van der Waals surface area contributed by atoms with E-state index in [0.717, 1.165) is 14.4 Å². The lowest BCUT2D eigenvalue weighted by molar-refractivity contribution is 0.215. The highest BCUT2D eigenvalue weighted by atomic mass is 79.9. The summed E-state index contributed by atoms with van der Waals surface area (Å²) in [5.41, 5.74) is 7.07. The van der Waals surface area contributed by atoms with E-state index in [4.69, 9.17) is 10.5 Å². The van der Waals surface area contributed by atoms with Gasteiger partial charge in [-0.15, -0.1) is 11.3 Å². The third-order valence-electron chi connectivity index (χ3n) is 2.94. The Kier molecular flexibility index (Phi) is 5.02. The first kappa shape index (κ1) is 14.6. The molecular weight excluding hydrogens is 322 g/mol. The molecule has 1 heterocycles. The topological polar surface area (TPSA) is 35.2 Å². The van der Waals surface area contributed by atoms with Crippen molar-refractivity contribution in [3.05, 3.63) is 50.6 Å². The Labute approximate surface area is 126 Å². The molecular formula is C15H18BrNOS. The Morgan fingerprint density at radius 3 is 2.53 bits per heavy atom. The standard InChI is InChI=1S/C15H18BrNOS/c1-10(2)11-5-3-4-6-12(11)18-13(9-17)14-7-8-15(16)19-14/h3-8,10,13H,9,17H2,1-2H3. The predicted molar refractivity (Wildman–Crippen MR) is 85.0 cm³/mol. The third-order valence-corrected chi connectivity index (χ3v) is 4.65. The molecule has 0 radical (unpaired) electrons. The molecule has 0 saturated heterocycles. The maximum Gasteiger partial charge on any atom is 0.145 e. The number of hydrogen-bond donors (Lipinski definition) is 1. The molecule has 0 aliphatic carbocycles. The Balaban J connectivity index is 2.23. The van der Waals surface area contributed by atoms with E-state index >= 15 is 0 Å². The number of para-hydroxylation sites is 1. The van der Waals surface area contributed by atoms with Crippen molar-refractivity contribution in [2.75, 3.05) is 6.54 Å². The molecule has 1 unspecified atom stereocenters. The smallest absolute Gasteiger partial charge is 0.145 e. The van der Waals surface area contributed by atoms with Crippen LogP contribution in [0.25, 0.3) is 0 Å². The Bertz CT molecular complexity index is 538. The van der Waals surface area contributed by atoms with Crippen LogP contribution in [-0.2, 0) is 0 Å². The maximum absolute atomic E-state index is 6.12. The van der Waals surface area contributed by atoms with Crippen LogP contribution in [0, 0.1) is 0 Å². The molecule has 4 heteroatoms. The normalized spacial score (nSPS) is 12.7. The molecule has 1 aromatic heterocycles. The minimum absolute atomic E-state index is 0.0869. The van der Waals surface area contributed by atoms with Crippen LogP contribution in [-0.4, -0.2) is 6.54 Å². The molecule has 2 aromatic rings. The zero-order valence-electron chi connectivity index (χ0n) is 11.1. The molecule has 19 heavy (non-hydrogen) atoms. The zero-order valence-corrected chi connectivity index (χ0v) is 13.5. The van der Waals surface area contributed by atoms with Crippen molar-refractivity contribution < 1.29 is 4.74 Å². The summed E-state index contributed by atoms with van der Waals surface area (Å²) in [5.74, 6) is 1.36. The van der Waals surface area contributed by atoms with E-state index in [1.807, 2.05) is 24.3 Å². The molecule has 1 atom stereocenters. The van der Waals surface area contributed by atoms with Crippen LogP contribution in [0.1, 0.15) is 36.3 Å². The number of nitrogens with two attached hydrogens (primary N) is 1. The molecule has 0 fully saturated rings. The van der Waals surface area contributed by atoms with E-state index in [9.17, 15) is 0 Å². The second-order valence-corrected chi connectivity index (χ2v) is 7.17. The van der Waals surface area contributed by atoms with Gasteiger partial charge in [0.1, 0.15) is 11.9 Å². The Morgan fingerprint density at radius 1 is 1.21 bits per heavy atom. The monoisotopic (exact) mass is 339 g/mol. The minimum atomic E-state index is -0.0869. The number of thiophene rings is 1. The maximum atomic E-state index is 6.12. The highest BCUT2D eigenvalue weighted by Gasteiger charge is 2.16. The zero-order chi connectivity index (χ0) is 13.8. The molecule has 0 spiro atoms. The fraction of sp³-hybridized carbons (Fsp3) is 0.333. The van der Waals surface area contributed by atoms with Gasteiger partial charge in [0.2, 0.25) is 0 Å². The van der Waals surface area contributed by atoms with Crippen LogP contribution < -0.4 is 10.5 Å². The van der Waals surface area contributed by atoms with Gasteiger partial charge in [-0.3, -0.25) is 0 Å². The number of benzene rings is 1. The fourth-order valence-electron chi connectivity index (χ4n) is 1.94. The van der Waals surface area contributed by atoms with Crippen molar-refractivity contribution in [1.29, 1.82) is 0 Å². The summed E-state index contributed by atoms with van der Waals surface area (Å²) in [4.78, 5) is 1.15. The van der Waals surface area contributed by atoms with E-state index < -0.39 is 0 Å². The van der Waals surface area contributed by atoms with E-state index in [0.29, 0.717) is 12.5 Å². The number of halogens is 1. The summed E-state index contributed by atoms with van der Waals surface area (Å²) in [6.45, 7) is 4.81. The third kappa shape index (κ3) is 3.59. The number of ether oxygens (including phenoxy) is 1. The predicted octanol–water partition coefficient (Wildman–Crippen LogP) is 4.71. The van der Waals surface area contributed by atoms with E-state index in [1.54, 1.807) is 11.3 Å². The first-order valence-corrected chi connectivity index (χ1v) is 7.93. The van der Waals surface area contributed by atoms with Gasteiger partial charge >= 0.3 is 0 Å². The van der Waals surface area contributed by atoms with Crippen molar-refractivity contribution in [2.45, 2.75) is 25.9 Å². The van der Waals surface area contributed by atoms with Gasteiger partial charge in [0.15, 0.2) is 0 Å². The second-order valence-electron chi connectivity index (χ2n) is 4.68. The van der Waals surface area contributed by atoms with Crippen molar-refractivity contribution >= 4 is 27.3 Å². The van der Waals surface area contributed by atoms with Crippen molar-refractivity contribution in [1.82, 2.24) is 0 Å². The van der Waals surface area contributed by atoms with Crippen LogP contribution in [0.5, 0.6) is 5.75 Å². The van der Waals surface area contributed by atoms with Crippen molar-refractivity contribution in [3.8, 4) is 5.75 Å². The highest BCUT2D eigenvalue weighted by molar-refractivity contribution is 9.11. The molecule has 102 valence electrons. The summed E-state index contributed by atoms with van der Waals surface area (Å²) in [5, 5.41) is 0. The van der Waals surface area contributed by atoms with E-state index in [1.165, 1.54) is 5.56 Å². The molecule has 0 aliphatic rings. The van der Waals surface area contributed by atoms with Gasteiger partial charge in [0, 0.05) is 11.4 Å². The quantitative estimate of drug-likeness (QED) is 0.855. The average molecular weight is 340 g/mol. The first-order chi connectivity index (χ1) is 9.11. The van der Waals surface area contributed by atoms with E-state index in [-0.39, 0.29) is 6.10 Å². The average Bonchev–Trinajstić information content (AvgIpc) is 2.82. The highest BCUT2D eigenvalue weighted by Crippen LogP contribution is 2.33. The van der Waals surface area contributed by atoms with Gasteiger partial charge in [-0.05, 0) is 45.6 Å². The minimum Gasteiger partial charge on any atom is -0.483 e. The molecule has 0 amide bonds. The summed E-state index contributed by atoms with van der Waals surface area (Å²) in [7, 11) is 0. The number of hydrogen-bond acceptors (Lipinski definition) is 3. The van der Waals surface area contributed by atoms with Gasteiger partial charge in [-0.2, -0.15) is 0 Å². The molecule has 0 aliphatic heterocycles. The molecule has 0 bridgehead atoms. The van der Waals surface area contributed by atoms with Gasteiger partial charge < -0.3 is 10.5 Å². The lowest BCUT2D eigenvalue weighted by atomic mass is 10.0. The molecule has 2 nitrogen and oxygen atoms in total. The van der Waals surface area contributed by atoms with Crippen molar-refractivity contribution in [2.24, 2.45) is 5.73 Å². The molecule has 0 saturated carbocycles. The summed E-state index contributed by atoms with van der Waals surface area (Å²) < 4.78 is 7.22. The second kappa shape index (κ2) is 6.55. The molecule has 2 N–H and O–H groups in total. The van der Waals surface area contributed by atoms with Gasteiger partial charge in [0.25, 0.3) is 0 Å².